The SMILES string of the molecule is c1ccc2c(c1)cc(-n1c3ccccc3c3cc4c(cc31)c1ccccc1n4-c1ccc(-c3ccc(-n4c5ccccc5c5ccccc54)cc3)cc1)c1ccccc12. The Hall–Kier alpha value is -7.88. The van der Waals surface area contributed by atoms with E-state index in [1.807, 2.05) is 0 Å². The van der Waals surface area contributed by atoms with Gasteiger partial charge in [-0.25, -0.2) is 0 Å². The summed E-state index contributed by atoms with van der Waals surface area (Å²) in [5.41, 5.74) is 13.2. The lowest BCUT2D eigenvalue weighted by Gasteiger charge is -2.14. The molecule has 13 rings (SSSR count). The number of benzene rings is 10. The van der Waals surface area contributed by atoms with E-state index in [2.05, 4.69) is 226 Å². The Morgan fingerprint density at radius 2 is 0.576 bits per heavy atom. The van der Waals surface area contributed by atoms with Crippen molar-refractivity contribution in [3.05, 3.63) is 212 Å². The molecule has 0 aliphatic rings. The average Bonchev–Trinajstić information content (AvgIpc) is 3.93. The number of aromatic nitrogens is 3. The van der Waals surface area contributed by atoms with Crippen molar-refractivity contribution in [2.24, 2.45) is 0 Å². The van der Waals surface area contributed by atoms with Gasteiger partial charge in [-0.2, -0.15) is 0 Å². The molecule has 0 amide bonds. The van der Waals surface area contributed by atoms with Gasteiger partial charge in [-0.3, -0.25) is 0 Å². The van der Waals surface area contributed by atoms with Crippen molar-refractivity contribution in [1.29, 1.82) is 0 Å². The van der Waals surface area contributed by atoms with Crippen LogP contribution in [0.4, 0.5) is 0 Å². The van der Waals surface area contributed by atoms with Crippen molar-refractivity contribution in [3.63, 3.8) is 0 Å². The number of hydrogen-bond acceptors (Lipinski definition) is 0. The predicted molar refractivity (Wildman–Crippen MR) is 250 cm³/mol. The molecule has 0 aliphatic carbocycles. The van der Waals surface area contributed by atoms with Gasteiger partial charge in [-0.15, -0.1) is 0 Å². The Morgan fingerprint density at radius 1 is 0.220 bits per heavy atom. The zero-order valence-corrected chi connectivity index (χ0v) is 32.0. The summed E-state index contributed by atoms with van der Waals surface area (Å²) in [6.07, 6.45) is 0. The summed E-state index contributed by atoms with van der Waals surface area (Å²) in [5, 5.41) is 12.6. The van der Waals surface area contributed by atoms with Gasteiger partial charge in [0.05, 0.1) is 38.8 Å². The van der Waals surface area contributed by atoms with Crippen molar-refractivity contribution in [2.45, 2.75) is 0 Å². The van der Waals surface area contributed by atoms with Crippen LogP contribution in [-0.4, -0.2) is 13.7 Å². The van der Waals surface area contributed by atoms with E-state index in [4.69, 9.17) is 0 Å². The number of fused-ring (bicyclic) bond motifs is 12. The minimum atomic E-state index is 1.14. The zero-order valence-electron chi connectivity index (χ0n) is 32.0. The highest BCUT2D eigenvalue weighted by molar-refractivity contribution is 6.20. The van der Waals surface area contributed by atoms with Crippen LogP contribution in [0.1, 0.15) is 0 Å². The molecule has 0 saturated heterocycles. The summed E-state index contributed by atoms with van der Waals surface area (Å²) in [5.74, 6) is 0. The van der Waals surface area contributed by atoms with Gasteiger partial charge in [0.2, 0.25) is 0 Å². The normalized spacial score (nSPS) is 12.1. The Bertz CT molecular complexity index is 3770. The largest absolute Gasteiger partial charge is 0.309 e. The van der Waals surface area contributed by atoms with Crippen LogP contribution in [0.3, 0.4) is 0 Å². The third-order valence-electron chi connectivity index (χ3n) is 12.6. The first-order chi connectivity index (χ1) is 29.3. The first-order valence-corrected chi connectivity index (χ1v) is 20.4. The molecule has 0 fully saturated rings. The van der Waals surface area contributed by atoms with Gasteiger partial charge in [0.25, 0.3) is 0 Å². The summed E-state index contributed by atoms with van der Waals surface area (Å²) >= 11 is 0. The highest BCUT2D eigenvalue weighted by Crippen LogP contribution is 2.42. The van der Waals surface area contributed by atoms with Crippen LogP contribution in [-0.2, 0) is 0 Å². The molecule has 10 aromatic carbocycles. The molecule has 3 heterocycles. The van der Waals surface area contributed by atoms with E-state index in [0.29, 0.717) is 0 Å². The lowest BCUT2D eigenvalue weighted by Crippen LogP contribution is -1.96. The molecule has 3 aromatic heterocycles. The fraction of sp³-hybridized carbons (Fsp3) is 0. The summed E-state index contributed by atoms with van der Waals surface area (Å²) in [4.78, 5) is 0. The molecule has 0 radical (unpaired) electrons. The third kappa shape index (κ3) is 4.64. The summed E-state index contributed by atoms with van der Waals surface area (Å²) in [7, 11) is 0. The van der Waals surface area contributed by atoms with E-state index in [1.54, 1.807) is 0 Å². The Labute approximate surface area is 339 Å². The van der Waals surface area contributed by atoms with Gasteiger partial charge in [0.1, 0.15) is 0 Å². The van der Waals surface area contributed by atoms with Crippen LogP contribution in [0.2, 0.25) is 0 Å². The monoisotopic (exact) mass is 749 g/mol. The molecule has 0 saturated carbocycles. The summed E-state index contributed by atoms with van der Waals surface area (Å²) < 4.78 is 7.31. The number of rotatable bonds is 4. The number of para-hydroxylation sites is 4. The van der Waals surface area contributed by atoms with Crippen molar-refractivity contribution in [1.82, 2.24) is 13.7 Å². The van der Waals surface area contributed by atoms with E-state index in [-0.39, 0.29) is 0 Å². The molecule has 0 atom stereocenters. The number of hydrogen-bond donors (Lipinski definition) is 0. The Kier molecular flexibility index (Phi) is 6.72. The standard InChI is InChI=1S/C56H35N3/c1-2-14-41-38(13-1)33-54(43-16-4-3-15-42(41)43)59-53-24-12-8-20-47(53)49-34-55-48(35-56(49)59)46-19-7-11-23-52(46)58(55)40-31-27-37(28-32-40)36-25-29-39(30-26-36)57-50-21-9-5-17-44(50)45-18-6-10-22-51(45)57/h1-35H. The molecule has 274 valence electrons. The molecule has 3 heteroatoms. The topological polar surface area (TPSA) is 14.8 Å². The van der Waals surface area contributed by atoms with E-state index in [1.165, 1.54) is 104 Å². The second-order valence-electron chi connectivity index (χ2n) is 15.7. The molecule has 0 bridgehead atoms. The minimum absolute atomic E-state index is 1.14. The zero-order chi connectivity index (χ0) is 38.6. The Morgan fingerprint density at radius 3 is 1.08 bits per heavy atom. The first kappa shape index (κ1) is 32.2. The maximum atomic E-state index is 2.49. The van der Waals surface area contributed by atoms with E-state index in [9.17, 15) is 0 Å². The highest BCUT2D eigenvalue weighted by atomic mass is 15.0. The quantitative estimate of drug-likeness (QED) is 0.159. The van der Waals surface area contributed by atoms with Crippen LogP contribution in [0.5, 0.6) is 0 Å². The molecule has 0 unspecified atom stereocenters. The molecule has 3 nitrogen and oxygen atoms in total. The fourth-order valence-electron chi connectivity index (χ4n) is 9.99. The lowest BCUT2D eigenvalue weighted by molar-refractivity contribution is 1.18. The van der Waals surface area contributed by atoms with Crippen molar-refractivity contribution in [2.75, 3.05) is 0 Å². The van der Waals surface area contributed by atoms with Gasteiger partial charge < -0.3 is 13.7 Å². The number of nitrogens with zero attached hydrogens (tertiary/aromatic N) is 3. The molecular formula is C56H35N3. The molecular weight excluding hydrogens is 715 g/mol. The summed E-state index contributed by atoms with van der Waals surface area (Å²) in [6.45, 7) is 0. The van der Waals surface area contributed by atoms with Crippen LogP contribution >= 0.6 is 0 Å². The van der Waals surface area contributed by atoms with Crippen LogP contribution in [0.25, 0.3) is 115 Å². The third-order valence-corrected chi connectivity index (χ3v) is 12.6. The van der Waals surface area contributed by atoms with Crippen LogP contribution in [0, 0.1) is 0 Å². The van der Waals surface area contributed by atoms with Crippen LogP contribution < -0.4 is 0 Å². The van der Waals surface area contributed by atoms with E-state index >= 15 is 0 Å². The average molecular weight is 750 g/mol. The van der Waals surface area contributed by atoms with Gasteiger partial charge in [0, 0.05) is 49.1 Å². The molecule has 13 aromatic rings. The first-order valence-electron chi connectivity index (χ1n) is 20.4. The van der Waals surface area contributed by atoms with Gasteiger partial charge in [-0.1, -0.05) is 146 Å². The maximum absolute atomic E-state index is 2.49. The van der Waals surface area contributed by atoms with Crippen molar-refractivity contribution in [3.8, 4) is 28.2 Å². The predicted octanol–water partition coefficient (Wildman–Crippen LogP) is 15.0. The van der Waals surface area contributed by atoms with Crippen molar-refractivity contribution >= 4 is 87.0 Å². The molecule has 59 heavy (non-hydrogen) atoms. The maximum Gasteiger partial charge on any atom is 0.0549 e. The smallest absolute Gasteiger partial charge is 0.0549 e. The second kappa shape index (κ2) is 12.3. The Balaban J connectivity index is 0.963. The minimum Gasteiger partial charge on any atom is -0.309 e. The summed E-state index contributed by atoms with van der Waals surface area (Å²) in [6, 6.07) is 78.0. The molecule has 0 N–H and O–H groups in total. The van der Waals surface area contributed by atoms with Gasteiger partial charge in [-0.05, 0) is 94.0 Å². The van der Waals surface area contributed by atoms with Gasteiger partial charge >= 0.3 is 0 Å². The second-order valence-corrected chi connectivity index (χ2v) is 15.7. The van der Waals surface area contributed by atoms with E-state index in [0.717, 1.165) is 11.4 Å². The van der Waals surface area contributed by atoms with Crippen LogP contribution in [0.15, 0.2) is 212 Å². The van der Waals surface area contributed by atoms with E-state index < -0.39 is 0 Å². The molecule has 0 spiro atoms. The van der Waals surface area contributed by atoms with Gasteiger partial charge in [0.15, 0.2) is 0 Å². The van der Waals surface area contributed by atoms with Crippen molar-refractivity contribution < 1.29 is 0 Å². The lowest BCUT2D eigenvalue weighted by atomic mass is 10.00. The molecule has 0 aliphatic heterocycles. The fourth-order valence-corrected chi connectivity index (χ4v) is 9.99. The highest BCUT2D eigenvalue weighted by Gasteiger charge is 2.20.